The summed E-state index contributed by atoms with van der Waals surface area (Å²) in [6.45, 7) is 2.99. The van der Waals surface area contributed by atoms with Crippen molar-refractivity contribution in [2.24, 2.45) is 5.92 Å². The second kappa shape index (κ2) is 6.59. The van der Waals surface area contributed by atoms with Gasteiger partial charge in [0.25, 0.3) is 0 Å². The van der Waals surface area contributed by atoms with Crippen molar-refractivity contribution < 1.29 is 27.5 Å². The lowest BCUT2D eigenvalue weighted by Crippen LogP contribution is -2.46. The molecule has 0 saturated heterocycles. The largest absolute Gasteiger partial charge is 0.467 e. The van der Waals surface area contributed by atoms with Crippen LogP contribution in [0.1, 0.15) is 19.5 Å². The average molecular weight is 307 g/mol. The fourth-order valence-electron chi connectivity index (χ4n) is 1.59. The van der Waals surface area contributed by atoms with Crippen LogP contribution in [0.4, 0.5) is 13.2 Å². The van der Waals surface area contributed by atoms with Gasteiger partial charge in [-0.05, 0) is 12.0 Å². The lowest BCUT2D eigenvalue weighted by Gasteiger charge is -2.19. The minimum atomic E-state index is -4.56. The first-order valence-electron chi connectivity index (χ1n) is 6.13. The molecule has 118 valence electrons. The van der Waals surface area contributed by atoms with Gasteiger partial charge in [-0.15, -0.1) is 0 Å². The van der Waals surface area contributed by atoms with Gasteiger partial charge in [0.1, 0.15) is 12.6 Å². The fourth-order valence-corrected chi connectivity index (χ4v) is 1.59. The molecule has 1 N–H and O–H groups in total. The van der Waals surface area contributed by atoms with Gasteiger partial charge in [0.2, 0.25) is 5.91 Å². The second-order valence-corrected chi connectivity index (χ2v) is 4.71. The summed E-state index contributed by atoms with van der Waals surface area (Å²) in [4.78, 5) is 23.2. The van der Waals surface area contributed by atoms with Crippen LogP contribution >= 0.6 is 0 Å². The number of amides is 1. The van der Waals surface area contributed by atoms with Crippen molar-refractivity contribution in [3.8, 4) is 0 Å². The molecule has 0 aliphatic carbocycles. The summed E-state index contributed by atoms with van der Waals surface area (Å²) >= 11 is 0. The Labute approximate surface area is 119 Å². The first kappa shape index (κ1) is 17.0. The smallest absolute Gasteiger partial charge is 0.435 e. The Morgan fingerprint density at radius 1 is 1.43 bits per heavy atom. The summed E-state index contributed by atoms with van der Waals surface area (Å²) in [6.07, 6.45) is -3.51. The number of nitrogens with one attached hydrogen (secondary N) is 1. The first-order valence-corrected chi connectivity index (χ1v) is 6.13. The third-order valence-electron chi connectivity index (χ3n) is 2.67. The molecule has 9 heteroatoms. The summed E-state index contributed by atoms with van der Waals surface area (Å²) in [5, 5.41) is 5.66. The quantitative estimate of drug-likeness (QED) is 0.830. The van der Waals surface area contributed by atoms with Crippen LogP contribution in [0.5, 0.6) is 0 Å². The number of esters is 1. The third-order valence-corrected chi connectivity index (χ3v) is 2.67. The summed E-state index contributed by atoms with van der Waals surface area (Å²) in [5.74, 6) is -1.46. The number of hydrogen-bond acceptors (Lipinski definition) is 4. The molecule has 0 bridgehead atoms. The summed E-state index contributed by atoms with van der Waals surface area (Å²) in [7, 11) is 1.19. The number of aromatic nitrogens is 2. The van der Waals surface area contributed by atoms with E-state index in [9.17, 15) is 22.8 Å². The Hall–Kier alpha value is -2.06. The zero-order valence-electron chi connectivity index (χ0n) is 11.8. The number of rotatable bonds is 5. The number of carbonyl (C=O) groups excluding carboxylic acids is 2. The van der Waals surface area contributed by atoms with Crippen molar-refractivity contribution in [3.63, 3.8) is 0 Å². The highest BCUT2D eigenvalue weighted by Gasteiger charge is 2.33. The zero-order chi connectivity index (χ0) is 16.2. The maximum absolute atomic E-state index is 12.4. The molecule has 1 amide bonds. The van der Waals surface area contributed by atoms with Gasteiger partial charge in [-0.3, -0.25) is 9.48 Å². The van der Waals surface area contributed by atoms with E-state index in [4.69, 9.17) is 0 Å². The zero-order valence-corrected chi connectivity index (χ0v) is 11.8. The molecule has 0 fully saturated rings. The molecule has 1 aromatic rings. The first-order chi connectivity index (χ1) is 9.65. The lowest BCUT2D eigenvalue weighted by atomic mass is 10.0. The van der Waals surface area contributed by atoms with Crippen molar-refractivity contribution in [1.82, 2.24) is 15.1 Å². The molecular formula is C12H16F3N3O3. The standard InChI is InChI=1S/C12H16F3N3O3/c1-7(2)10(11(20)21-3)16-9(19)6-18-5-4-8(17-18)12(13,14)15/h4-5,7,10H,6H2,1-3H3,(H,16,19)/t10-/m1/s1. The molecule has 0 aromatic carbocycles. The van der Waals surface area contributed by atoms with Gasteiger partial charge in [-0.25, -0.2) is 4.79 Å². The highest BCUT2D eigenvalue weighted by molar-refractivity contribution is 5.84. The van der Waals surface area contributed by atoms with E-state index in [0.29, 0.717) is 0 Å². The molecule has 0 spiro atoms. The number of hydrogen-bond donors (Lipinski definition) is 1. The predicted molar refractivity (Wildman–Crippen MR) is 66.0 cm³/mol. The van der Waals surface area contributed by atoms with Gasteiger partial charge in [-0.2, -0.15) is 18.3 Å². The van der Waals surface area contributed by atoms with Crippen LogP contribution in [-0.4, -0.2) is 34.8 Å². The Balaban J connectivity index is 2.68. The molecule has 1 atom stereocenters. The van der Waals surface area contributed by atoms with Crippen molar-refractivity contribution in [1.29, 1.82) is 0 Å². The molecule has 0 unspecified atom stereocenters. The molecule has 0 radical (unpaired) electrons. The van der Waals surface area contributed by atoms with Crippen LogP contribution in [0.2, 0.25) is 0 Å². The van der Waals surface area contributed by atoms with Crippen LogP contribution in [0.25, 0.3) is 0 Å². The van der Waals surface area contributed by atoms with E-state index in [2.05, 4.69) is 15.2 Å². The van der Waals surface area contributed by atoms with Crippen molar-refractivity contribution in [3.05, 3.63) is 18.0 Å². The van der Waals surface area contributed by atoms with Gasteiger partial charge in [0.15, 0.2) is 5.69 Å². The van der Waals surface area contributed by atoms with E-state index in [1.165, 1.54) is 7.11 Å². The maximum atomic E-state index is 12.4. The molecule has 21 heavy (non-hydrogen) atoms. The molecular weight excluding hydrogens is 291 g/mol. The molecule has 0 aliphatic rings. The molecule has 6 nitrogen and oxygen atoms in total. The monoisotopic (exact) mass is 307 g/mol. The van der Waals surface area contributed by atoms with Crippen molar-refractivity contribution in [2.45, 2.75) is 32.6 Å². The minimum Gasteiger partial charge on any atom is -0.467 e. The van der Waals surface area contributed by atoms with Crippen LogP contribution in [0.3, 0.4) is 0 Å². The van der Waals surface area contributed by atoms with E-state index < -0.39 is 36.3 Å². The highest BCUT2D eigenvalue weighted by atomic mass is 19.4. The average Bonchev–Trinajstić information content (AvgIpc) is 2.83. The normalized spacial score (nSPS) is 13.1. The predicted octanol–water partition coefficient (Wildman–Crippen LogP) is 1.22. The lowest BCUT2D eigenvalue weighted by molar-refractivity contribution is -0.146. The Morgan fingerprint density at radius 3 is 2.48 bits per heavy atom. The Kier molecular flexibility index (Phi) is 5.34. The highest BCUT2D eigenvalue weighted by Crippen LogP contribution is 2.27. The molecule has 1 heterocycles. The number of carbonyl (C=O) groups is 2. The van der Waals surface area contributed by atoms with Gasteiger partial charge in [0.05, 0.1) is 7.11 Å². The van der Waals surface area contributed by atoms with E-state index >= 15 is 0 Å². The maximum Gasteiger partial charge on any atom is 0.435 e. The van der Waals surface area contributed by atoms with Crippen LogP contribution in [0, 0.1) is 5.92 Å². The number of alkyl halides is 3. The number of methoxy groups -OCH3 is 1. The van der Waals surface area contributed by atoms with E-state index in [0.717, 1.165) is 16.9 Å². The van der Waals surface area contributed by atoms with E-state index in [-0.39, 0.29) is 5.92 Å². The Morgan fingerprint density at radius 2 is 2.05 bits per heavy atom. The summed E-state index contributed by atoms with van der Waals surface area (Å²) in [6, 6.07) is -0.0896. The van der Waals surface area contributed by atoms with E-state index in [1.807, 2.05) is 0 Å². The topological polar surface area (TPSA) is 73.2 Å². The molecule has 0 saturated carbocycles. The second-order valence-electron chi connectivity index (χ2n) is 4.71. The number of halogens is 3. The third kappa shape index (κ3) is 4.76. The van der Waals surface area contributed by atoms with E-state index in [1.54, 1.807) is 13.8 Å². The molecule has 1 aromatic heterocycles. The van der Waals surface area contributed by atoms with Crippen molar-refractivity contribution in [2.75, 3.05) is 7.11 Å². The Bertz CT molecular complexity index is 511. The molecule has 1 rings (SSSR count). The van der Waals surface area contributed by atoms with Crippen LogP contribution < -0.4 is 5.32 Å². The van der Waals surface area contributed by atoms with Crippen LogP contribution in [0.15, 0.2) is 12.3 Å². The van der Waals surface area contributed by atoms with Crippen molar-refractivity contribution >= 4 is 11.9 Å². The van der Waals surface area contributed by atoms with Gasteiger partial charge >= 0.3 is 12.1 Å². The van der Waals surface area contributed by atoms with Gasteiger partial charge in [0, 0.05) is 6.20 Å². The fraction of sp³-hybridized carbons (Fsp3) is 0.583. The summed E-state index contributed by atoms with van der Waals surface area (Å²) in [5.41, 5.74) is -1.08. The van der Waals surface area contributed by atoms with Gasteiger partial charge < -0.3 is 10.1 Å². The summed E-state index contributed by atoms with van der Waals surface area (Å²) < 4.78 is 42.5. The minimum absolute atomic E-state index is 0.218. The van der Waals surface area contributed by atoms with Gasteiger partial charge in [-0.1, -0.05) is 13.8 Å². The number of nitrogens with zero attached hydrogens (tertiary/aromatic N) is 2. The van der Waals surface area contributed by atoms with Crippen LogP contribution in [-0.2, 0) is 27.0 Å². The number of ether oxygens (including phenoxy) is 1. The SMILES string of the molecule is COC(=O)[C@H](NC(=O)Cn1ccc(C(F)(F)F)n1)C(C)C. The molecule has 0 aliphatic heterocycles.